The number of nitrogens with one attached hydrogen (secondary N) is 2. The molecule has 0 aliphatic heterocycles. The summed E-state index contributed by atoms with van der Waals surface area (Å²) in [5.74, 6) is -2.01. The number of carbonyl (C=O) groups excluding carboxylic acids is 2. The SMILES string of the molecule is CC(C)CC(NC(=O)[C@H](O)[C@H](Cc1ccccc1)NC(=O)OC(C)(C)C)C(=O)O. The molecule has 4 N–H and O–H groups in total. The zero-order valence-corrected chi connectivity index (χ0v) is 17.6. The molecule has 0 aromatic heterocycles. The van der Waals surface area contributed by atoms with Crippen LogP contribution in [-0.2, 0) is 20.7 Å². The number of aliphatic hydroxyl groups is 1. The molecule has 0 saturated heterocycles. The predicted molar refractivity (Wildman–Crippen MR) is 108 cm³/mol. The fourth-order valence-electron chi connectivity index (χ4n) is 2.70. The van der Waals surface area contributed by atoms with Crippen molar-refractivity contribution in [2.75, 3.05) is 0 Å². The lowest BCUT2D eigenvalue weighted by atomic mass is 9.99. The second kappa shape index (κ2) is 10.8. The molecule has 2 amide bonds. The van der Waals surface area contributed by atoms with Crippen molar-refractivity contribution in [3.05, 3.63) is 35.9 Å². The summed E-state index contributed by atoms with van der Waals surface area (Å²) in [7, 11) is 0. The van der Waals surface area contributed by atoms with Crippen molar-refractivity contribution >= 4 is 18.0 Å². The molecular formula is C21H32N2O6. The van der Waals surface area contributed by atoms with E-state index in [1.54, 1.807) is 45.0 Å². The van der Waals surface area contributed by atoms with E-state index in [-0.39, 0.29) is 18.8 Å². The van der Waals surface area contributed by atoms with E-state index >= 15 is 0 Å². The molecule has 0 bridgehead atoms. The number of benzene rings is 1. The van der Waals surface area contributed by atoms with Crippen molar-refractivity contribution in [2.45, 2.75) is 71.2 Å². The lowest BCUT2D eigenvalue weighted by Crippen LogP contribution is -2.55. The Kier molecular flexibility index (Phi) is 9.10. The third kappa shape index (κ3) is 9.43. The monoisotopic (exact) mass is 408 g/mol. The van der Waals surface area contributed by atoms with Crippen LogP contribution in [0.25, 0.3) is 0 Å². The van der Waals surface area contributed by atoms with Gasteiger partial charge in [-0.1, -0.05) is 44.2 Å². The Morgan fingerprint density at radius 2 is 1.66 bits per heavy atom. The van der Waals surface area contributed by atoms with Crippen LogP contribution in [0.5, 0.6) is 0 Å². The normalized spacial score (nSPS) is 14.6. The number of amides is 2. The molecule has 162 valence electrons. The highest BCUT2D eigenvalue weighted by atomic mass is 16.6. The Balaban J connectivity index is 2.95. The lowest BCUT2D eigenvalue weighted by molar-refractivity contribution is -0.144. The number of aliphatic carboxylic acids is 1. The number of hydrogen-bond acceptors (Lipinski definition) is 5. The maximum absolute atomic E-state index is 12.5. The van der Waals surface area contributed by atoms with E-state index < -0.39 is 41.8 Å². The summed E-state index contributed by atoms with van der Waals surface area (Å²) in [6.45, 7) is 8.77. The molecule has 8 heteroatoms. The Morgan fingerprint density at radius 3 is 2.14 bits per heavy atom. The van der Waals surface area contributed by atoms with Crippen molar-refractivity contribution < 1.29 is 29.3 Å². The number of ether oxygens (including phenoxy) is 1. The maximum Gasteiger partial charge on any atom is 0.407 e. The number of carboxylic acid groups (broad SMARTS) is 1. The summed E-state index contributed by atoms with van der Waals surface area (Å²) in [5, 5.41) is 24.8. The number of carbonyl (C=O) groups is 3. The quantitative estimate of drug-likeness (QED) is 0.496. The van der Waals surface area contributed by atoms with Crippen LogP contribution in [0.2, 0.25) is 0 Å². The van der Waals surface area contributed by atoms with E-state index in [2.05, 4.69) is 10.6 Å². The van der Waals surface area contributed by atoms with Gasteiger partial charge < -0.3 is 25.6 Å². The molecule has 1 aromatic rings. The summed E-state index contributed by atoms with van der Waals surface area (Å²) in [4.78, 5) is 36.1. The minimum absolute atomic E-state index is 0.0357. The molecule has 8 nitrogen and oxygen atoms in total. The minimum Gasteiger partial charge on any atom is -0.480 e. The first-order chi connectivity index (χ1) is 13.4. The average molecular weight is 408 g/mol. The van der Waals surface area contributed by atoms with Gasteiger partial charge in [-0.05, 0) is 45.1 Å². The van der Waals surface area contributed by atoms with Gasteiger partial charge in [0.25, 0.3) is 5.91 Å². The molecular weight excluding hydrogens is 376 g/mol. The van der Waals surface area contributed by atoms with Gasteiger partial charge in [-0.25, -0.2) is 9.59 Å². The maximum atomic E-state index is 12.5. The fourth-order valence-corrected chi connectivity index (χ4v) is 2.70. The van der Waals surface area contributed by atoms with Gasteiger partial charge in [0.1, 0.15) is 11.6 Å². The summed E-state index contributed by atoms with van der Waals surface area (Å²) in [6.07, 6.45) is -2.05. The van der Waals surface area contributed by atoms with Crippen molar-refractivity contribution in [1.29, 1.82) is 0 Å². The van der Waals surface area contributed by atoms with Crippen molar-refractivity contribution in [2.24, 2.45) is 5.92 Å². The summed E-state index contributed by atoms with van der Waals surface area (Å²) in [6, 6.07) is 6.90. The number of aliphatic hydroxyl groups excluding tert-OH is 1. The first-order valence-corrected chi connectivity index (χ1v) is 9.63. The van der Waals surface area contributed by atoms with E-state index in [1.807, 2.05) is 19.9 Å². The van der Waals surface area contributed by atoms with Gasteiger partial charge in [0.05, 0.1) is 6.04 Å². The topological polar surface area (TPSA) is 125 Å². The zero-order valence-electron chi connectivity index (χ0n) is 17.6. The molecule has 0 fully saturated rings. The highest BCUT2D eigenvalue weighted by Crippen LogP contribution is 2.12. The van der Waals surface area contributed by atoms with E-state index in [9.17, 15) is 24.6 Å². The van der Waals surface area contributed by atoms with E-state index in [4.69, 9.17) is 4.74 Å². The number of hydrogen-bond donors (Lipinski definition) is 4. The molecule has 0 saturated carbocycles. The molecule has 1 unspecified atom stereocenters. The fraction of sp³-hybridized carbons (Fsp3) is 0.571. The molecule has 0 aliphatic rings. The Bertz CT molecular complexity index is 684. The zero-order chi connectivity index (χ0) is 22.2. The smallest absolute Gasteiger partial charge is 0.407 e. The average Bonchev–Trinajstić information content (AvgIpc) is 2.58. The van der Waals surface area contributed by atoms with Gasteiger partial charge in [-0.3, -0.25) is 4.79 Å². The summed E-state index contributed by atoms with van der Waals surface area (Å²) >= 11 is 0. The second-order valence-electron chi connectivity index (χ2n) is 8.42. The van der Waals surface area contributed by atoms with Crippen LogP contribution < -0.4 is 10.6 Å². The van der Waals surface area contributed by atoms with Gasteiger partial charge in [-0.15, -0.1) is 0 Å². The van der Waals surface area contributed by atoms with E-state index in [1.165, 1.54) is 0 Å². The van der Waals surface area contributed by atoms with Crippen molar-refractivity contribution in [3.63, 3.8) is 0 Å². The van der Waals surface area contributed by atoms with Crippen LogP contribution in [0, 0.1) is 5.92 Å². The molecule has 0 aliphatic carbocycles. The predicted octanol–water partition coefficient (Wildman–Crippen LogP) is 2.10. The molecule has 1 aromatic carbocycles. The van der Waals surface area contributed by atoms with Crippen LogP contribution in [0.15, 0.2) is 30.3 Å². The van der Waals surface area contributed by atoms with Crippen LogP contribution in [0.4, 0.5) is 4.79 Å². The van der Waals surface area contributed by atoms with Crippen LogP contribution in [-0.4, -0.2) is 52.0 Å². The van der Waals surface area contributed by atoms with Gasteiger partial charge in [-0.2, -0.15) is 0 Å². The van der Waals surface area contributed by atoms with Crippen LogP contribution in [0.1, 0.15) is 46.6 Å². The lowest BCUT2D eigenvalue weighted by Gasteiger charge is -2.27. The van der Waals surface area contributed by atoms with Crippen LogP contribution in [0.3, 0.4) is 0 Å². The molecule has 0 spiro atoms. The standard InChI is InChI=1S/C21H32N2O6/c1-13(2)11-16(19(26)27)22-18(25)17(24)15(12-14-9-7-6-8-10-14)23-20(28)29-21(3,4)5/h6-10,13,15-17,24H,11-12H2,1-5H3,(H,22,25)(H,23,28)(H,26,27)/t15-,16?,17+/m0/s1. The molecule has 3 atom stereocenters. The van der Waals surface area contributed by atoms with E-state index in [0.29, 0.717) is 0 Å². The molecule has 1 rings (SSSR count). The third-order valence-electron chi connectivity index (χ3n) is 3.97. The highest BCUT2D eigenvalue weighted by molar-refractivity contribution is 5.87. The Hall–Kier alpha value is -2.61. The number of alkyl carbamates (subject to hydrolysis) is 1. The van der Waals surface area contributed by atoms with Gasteiger partial charge in [0.2, 0.25) is 0 Å². The number of carboxylic acids is 1. The first kappa shape index (κ1) is 24.4. The van der Waals surface area contributed by atoms with E-state index in [0.717, 1.165) is 5.56 Å². The van der Waals surface area contributed by atoms with Crippen molar-refractivity contribution in [1.82, 2.24) is 10.6 Å². The number of rotatable bonds is 9. The minimum atomic E-state index is -1.66. The Morgan fingerprint density at radius 1 is 1.07 bits per heavy atom. The summed E-state index contributed by atoms with van der Waals surface area (Å²) < 4.78 is 5.22. The molecule has 29 heavy (non-hydrogen) atoms. The third-order valence-corrected chi connectivity index (χ3v) is 3.97. The van der Waals surface area contributed by atoms with Crippen LogP contribution >= 0.6 is 0 Å². The van der Waals surface area contributed by atoms with Crippen molar-refractivity contribution in [3.8, 4) is 0 Å². The highest BCUT2D eigenvalue weighted by Gasteiger charge is 2.32. The van der Waals surface area contributed by atoms with Gasteiger partial charge >= 0.3 is 12.1 Å². The van der Waals surface area contributed by atoms with Gasteiger partial charge in [0.15, 0.2) is 6.10 Å². The molecule has 0 heterocycles. The largest absolute Gasteiger partial charge is 0.480 e. The van der Waals surface area contributed by atoms with Gasteiger partial charge in [0, 0.05) is 0 Å². The molecule has 0 radical (unpaired) electrons. The first-order valence-electron chi connectivity index (χ1n) is 9.63. The Labute approximate surface area is 171 Å². The summed E-state index contributed by atoms with van der Waals surface area (Å²) in [5.41, 5.74) is 0.0395. The second-order valence-corrected chi connectivity index (χ2v) is 8.42.